The van der Waals surface area contributed by atoms with Crippen LogP contribution in [0.15, 0.2) is 41.4 Å². The predicted molar refractivity (Wildman–Crippen MR) is 47.9 cm³/mol. The van der Waals surface area contributed by atoms with Gasteiger partial charge >= 0.3 is 9.99 Å². The molecular weight excluding hydrogens is 228 g/mol. The van der Waals surface area contributed by atoms with Crippen molar-refractivity contribution in [3.8, 4) is 0 Å². The summed E-state index contributed by atoms with van der Waals surface area (Å²) >= 11 is 7.77. The Labute approximate surface area is 87.7 Å². The first-order valence-corrected chi connectivity index (χ1v) is 4.14. The molecule has 0 fully saturated rings. The fourth-order valence-electron chi connectivity index (χ4n) is 0.776. The summed E-state index contributed by atoms with van der Waals surface area (Å²) in [6, 6.07) is 0. The van der Waals surface area contributed by atoms with Crippen LogP contribution in [0.5, 0.6) is 0 Å². The van der Waals surface area contributed by atoms with Crippen LogP contribution in [-0.2, 0) is 4.79 Å². The van der Waals surface area contributed by atoms with Gasteiger partial charge in [-0.1, -0.05) is 0 Å². The van der Waals surface area contributed by atoms with Gasteiger partial charge in [-0.15, -0.1) is 45.7 Å². The summed E-state index contributed by atoms with van der Waals surface area (Å²) in [5.41, 5.74) is 0. The highest BCUT2D eigenvalue weighted by atomic mass is 32.1. The quantitative estimate of drug-likeness (QED) is 0.685. The van der Waals surface area contributed by atoms with Crippen molar-refractivity contribution in [2.45, 2.75) is 9.99 Å². The normalized spacial score (nSPS) is 24.7. The first-order valence-electron chi connectivity index (χ1n) is 3.25. The highest BCUT2D eigenvalue weighted by Crippen LogP contribution is 2.36. The van der Waals surface area contributed by atoms with Gasteiger partial charge in [0.25, 0.3) is 5.78 Å². The maximum Gasteiger partial charge on any atom is 0.300 e. The average molecular weight is 230 g/mol. The zero-order valence-corrected chi connectivity index (χ0v) is 8.17. The second-order valence-electron chi connectivity index (χ2n) is 2.36. The van der Waals surface area contributed by atoms with Crippen LogP contribution >= 0.6 is 25.3 Å². The largest absolute Gasteiger partial charge is 0.300 e. The Balaban J connectivity index is 2.33. The number of nitrogens with zero attached hydrogens (tertiary/aromatic N) is 8. The van der Waals surface area contributed by atoms with E-state index in [1.807, 2.05) is 0 Å². The van der Waals surface area contributed by atoms with E-state index in [0.717, 1.165) is 0 Å². The number of thiol groups is 2. The first kappa shape index (κ1) is 9.33. The van der Waals surface area contributed by atoms with Crippen molar-refractivity contribution in [2.24, 2.45) is 41.4 Å². The molecule has 0 radical (unpaired) electrons. The fourth-order valence-corrected chi connectivity index (χ4v) is 1.34. The van der Waals surface area contributed by atoms with Gasteiger partial charge in [0.05, 0.1) is 0 Å². The minimum Gasteiger partial charge on any atom is -0.287 e. The molecule has 0 amide bonds. The summed E-state index contributed by atoms with van der Waals surface area (Å²) in [5, 5.41) is 26.3. The summed E-state index contributed by atoms with van der Waals surface area (Å²) in [6.45, 7) is 0. The molecule has 0 unspecified atom stereocenters. The Morgan fingerprint density at radius 3 is 1.36 bits per heavy atom. The monoisotopic (exact) mass is 230 g/mol. The van der Waals surface area contributed by atoms with Gasteiger partial charge in [-0.3, -0.25) is 4.79 Å². The molecule has 14 heavy (non-hydrogen) atoms. The van der Waals surface area contributed by atoms with Crippen molar-refractivity contribution in [1.82, 2.24) is 0 Å². The van der Waals surface area contributed by atoms with Gasteiger partial charge in [0.1, 0.15) is 0 Å². The first-order chi connectivity index (χ1) is 6.57. The van der Waals surface area contributed by atoms with Gasteiger partial charge in [0.15, 0.2) is 0 Å². The summed E-state index contributed by atoms with van der Waals surface area (Å²) in [5.74, 6) is -0.730. The maximum atomic E-state index is 11.7. The van der Waals surface area contributed by atoms with Crippen LogP contribution in [0.4, 0.5) is 0 Å². The molecule has 0 spiro atoms. The summed E-state index contributed by atoms with van der Waals surface area (Å²) in [7, 11) is 0. The molecule has 0 aromatic heterocycles. The molecule has 2 heterocycles. The third-order valence-corrected chi connectivity index (χ3v) is 2.19. The van der Waals surface area contributed by atoms with Gasteiger partial charge in [-0.25, -0.2) is 0 Å². The smallest absolute Gasteiger partial charge is 0.287 e. The number of ketones is 1. The van der Waals surface area contributed by atoms with Crippen molar-refractivity contribution in [3.63, 3.8) is 0 Å². The fraction of sp³-hybridized carbons (Fsp3) is 0.667. The second-order valence-corrected chi connectivity index (χ2v) is 3.60. The third kappa shape index (κ3) is 1.24. The van der Waals surface area contributed by atoms with E-state index in [1.165, 1.54) is 0 Å². The minimum absolute atomic E-state index is 0.730. The number of Topliss-reactive ketones (excluding diaryl/α,β-unsaturated/α-hetero) is 1. The molecule has 0 N–H and O–H groups in total. The van der Waals surface area contributed by atoms with Crippen LogP contribution in [0.1, 0.15) is 0 Å². The van der Waals surface area contributed by atoms with Crippen LogP contribution in [-0.4, -0.2) is 15.8 Å². The Bertz CT molecular complexity index is 337. The molecule has 72 valence electrons. The lowest BCUT2D eigenvalue weighted by Crippen LogP contribution is -2.40. The predicted octanol–water partition coefficient (Wildman–Crippen LogP) is 1.39. The average Bonchev–Trinajstić information content (AvgIpc) is 2.75. The van der Waals surface area contributed by atoms with Crippen LogP contribution in [0.3, 0.4) is 0 Å². The van der Waals surface area contributed by atoms with E-state index in [2.05, 4.69) is 66.6 Å². The summed E-state index contributed by atoms with van der Waals surface area (Å²) < 4.78 is 0. The number of hydrogen-bond acceptors (Lipinski definition) is 11. The van der Waals surface area contributed by atoms with E-state index in [9.17, 15) is 4.79 Å². The van der Waals surface area contributed by atoms with Crippen LogP contribution < -0.4 is 0 Å². The molecule has 0 atom stereocenters. The standard InChI is InChI=1S/C3H2N8OS2/c12-1(2(13)4-8-9-5-2)3(14)6-10-11-7-3/h13-14H. The molecule has 2 aliphatic heterocycles. The lowest BCUT2D eigenvalue weighted by molar-refractivity contribution is -0.123. The van der Waals surface area contributed by atoms with Crippen LogP contribution in [0.25, 0.3) is 0 Å². The van der Waals surface area contributed by atoms with E-state index >= 15 is 0 Å². The molecular formula is C3H2N8OS2. The van der Waals surface area contributed by atoms with Crippen molar-refractivity contribution in [3.05, 3.63) is 0 Å². The van der Waals surface area contributed by atoms with Crippen LogP contribution in [0.2, 0.25) is 0 Å². The van der Waals surface area contributed by atoms with E-state index in [4.69, 9.17) is 0 Å². The molecule has 0 saturated heterocycles. The summed E-state index contributed by atoms with van der Waals surface area (Å²) in [4.78, 5) is 8.26. The van der Waals surface area contributed by atoms with Gasteiger partial charge in [0, 0.05) is 0 Å². The van der Waals surface area contributed by atoms with E-state index in [-0.39, 0.29) is 0 Å². The number of hydrogen-bond donors (Lipinski definition) is 2. The molecule has 0 bridgehead atoms. The molecule has 11 heteroatoms. The van der Waals surface area contributed by atoms with E-state index in [1.54, 1.807) is 0 Å². The number of rotatable bonds is 2. The SMILES string of the molecule is O=C(C1(S)N=NN=N1)C1(S)N=NN=N1. The van der Waals surface area contributed by atoms with Crippen molar-refractivity contribution in [2.75, 3.05) is 0 Å². The minimum atomic E-state index is -1.73. The molecule has 2 rings (SSSR count). The number of carbonyl (C=O) groups excluding carboxylic acids is 1. The number of carbonyl (C=O) groups is 1. The van der Waals surface area contributed by atoms with Crippen LogP contribution in [0, 0.1) is 0 Å². The highest BCUT2D eigenvalue weighted by Gasteiger charge is 2.52. The van der Waals surface area contributed by atoms with Crippen molar-refractivity contribution in [1.29, 1.82) is 0 Å². The van der Waals surface area contributed by atoms with E-state index in [0.29, 0.717) is 0 Å². The Kier molecular flexibility index (Phi) is 1.92. The maximum absolute atomic E-state index is 11.7. The molecule has 0 aliphatic carbocycles. The zero-order valence-electron chi connectivity index (χ0n) is 6.38. The Morgan fingerprint density at radius 2 is 1.07 bits per heavy atom. The molecule has 0 aromatic carbocycles. The van der Waals surface area contributed by atoms with Crippen molar-refractivity contribution >= 4 is 31.0 Å². The molecule has 0 aromatic rings. The van der Waals surface area contributed by atoms with Gasteiger partial charge in [0.2, 0.25) is 0 Å². The summed E-state index contributed by atoms with van der Waals surface area (Å²) in [6.07, 6.45) is 0. The van der Waals surface area contributed by atoms with Gasteiger partial charge < -0.3 is 0 Å². The molecule has 2 aliphatic rings. The molecule has 0 saturated carbocycles. The molecule has 9 nitrogen and oxygen atoms in total. The highest BCUT2D eigenvalue weighted by molar-refractivity contribution is 7.84. The van der Waals surface area contributed by atoms with E-state index < -0.39 is 15.8 Å². The Morgan fingerprint density at radius 1 is 0.786 bits per heavy atom. The third-order valence-electron chi connectivity index (χ3n) is 1.43. The van der Waals surface area contributed by atoms with Gasteiger partial charge in [-0.2, -0.15) is 0 Å². The van der Waals surface area contributed by atoms with Crippen molar-refractivity contribution < 1.29 is 4.79 Å². The van der Waals surface area contributed by atoms with Gasteiger partial charge in [-0.05, 0) is 20.9 Å². The topological polar surface area (TPSA) is 116 Å². The lowest BCUT2D eigenvalue weighted by Gasteiger charge is -2.17. The second kappa shape index (κ2) is 2.88. The Hall–Kier alpha value is -1.23. The lowest BCUT2D eigenvalue weighted by atomic mass is 10.2. The zero-order chi connectivity index (χ0) is 10.2.